The summed E-state index contributed by atoms with van der Waals surface area (Å²) in [6.45, 7) is 0. The number of aromatic nitrogens is 1. The summed E-state index contributed by atoms with van der Waals surface area (Å²) in [6, 6.07) is 7.12. The zero-order chi connectivity index (χ0) is 17.0. The molecule has 1 amide bonds. The molecule has 1 heterocycles. The number of nitrogens with zero attached hydrogens (tertiary/aromatic N) is 2. The number of hydrogen-bond acceptors (Lipinski definition) is 5. The van der Waals surface area contributed by atoms with Crippen LogP contribution in [0, 0.1) is 0 Å². The molecule has 23 heavy (non-hydrogen) atoms. The van der Waals surface area contributed by atoms with Crippen LogP contribution in [0.5, 0.6) is 5.75 Å². The highest BCUT2D eigenvalue weighted by molar-refractivity contribution is 6.46. The van der Waals surface area contributed by atoms with Gasteiger partial charge in [-0.25, -0.2) is 10.4 Å². The van der Waals surface area contributed by atoms with Gasteiger partial charge in [-0.1, -0.05) is 46.9 Å². The van der Waals surface area contributed by atoms with E-state index in [0.29, 0.717) is 5.75 Å². The minimum Gasteiger partial charge on any atom is -0.497 e. The summed E-state index contributed by atoms with van der Waals surface area (Å²) in [7, 11) is 1.56. The molecule has 2 rings (SSSR count). The average molecular weight is 374 g/mol. The van der Waals surface area contributed by atoms with Gasteiger partial charge < -0.3 is 10.5 Å². The van der Waals surface area contributed by atoms with E-state index in [1.54, 1.807) is 31.4 Å². The molecular weight excluding hydrogens is 363 g/mol. The number of benzene rings is 1. The number of anilines is 1. The lowest BCUT2D eigenvalue weighted by atomic mass is 10.2. The van der Waals surface area contributed by atoms with Gasteiger partial charge in [0.1, 0.15) is 10.8 Å². The van der Waals surface area contributed by atoms with E-state index in [-0.39, 0.29) is 26.6 Å². The minimum absolute atomic E-state index is 0.00639. The van der Waals surface area contributed by atoms with E-state index < -0.39 is 5.91 Å². The van der Waals surface area contributed by atoms with Crippen LogP contribution in [0.15, 0.2) is 29.4 Å². The van der Waals surface area contributed by atoms with Gasteiger partial charge in [0.15, 0.2) is 10.8 Å². The van der Waals surface area contributed by atoms with Crippen molar-refractivity contribution in [1.82, 2.24) is 10.4 Å². The lowest BCUT2D eigenvalue weighted by Crippen LogP contribution is -2.20. The molecule has 0 saturated heterocycles. The highest BCUT2D eigenvalue weighted by Gasteiger charge is 2.19. The van der Waals surface area contributed by atoms with Crippen molar-refractivity contribution in [1.29, 1.82) is 0 Å². The van der Waals surface area contributed by atoms with Crippen LogP contribution in [0.1, 0.15) is 16.1 Å². The van der Waals surface area contributed by atoms with Crippen LogP contribution in [-0.4, -0.2) is 24.2 Å². The van der Waals surface area contributed by atoms with Crippen molar-refractivity contribution in [3.05, 3.63) is 50.7 Å². The molecule has 0 unspecified atom stereocenters. The largest absolute Gasteiger partial charge is 0.497 e. The molecule has 3 N–H and O–H groups in total. The van der Waals surface area contributed by atoms with Crippen LogP contribution >= 0.6 is 34.8 Å². The smallest absolute Gasteiger partial charge is 0.291 e. The second-order valence-electron chi connectivity index (χ2n) is 4.27. The molecule has 0 spiro atoms. The highest BCUT2D eigenvalue weighted by atomic mass is 35.5. The van der Waals surface area contributed by atoms with Crippen molar-refractivity contribution in [3.8, 4) is 5.75 Å². The topological polar surface area (TPSA) is 89.6 Å². The molecule has 1 aromatic carbocycles. The van der Waals surface area contributed by atoms with Crippen molar-refractivity contribution < 1.29 is 9.53 Å². The van der Waals surface area contributed by atoms with Crippen LogP contribution in [0.2, 0.25) is 15.2 Å². The minimum atomic E-state index is -0.667. The fourth-order valence-corrected chi connectivity index (χ4v) is 2.22. The first-order chi connectivity index (χ1) is 10.9. The third kappa shape index (κ3) is 4.04. The predicted molar refractivity (Wildman–Crippen MR) is 91.7 cm³/mol. The van der Waals surface area contributed by atoms with Gasteiger partial charge in [-0.2, -0.15) is 5.10 Å². The number of nitrogen functional groups attached to an aromatic ring is 1. The summed E-state index contributed by atoms with van der Waals surface area (Å²) in [4.78, 5) is 15.8. The van der Waals surface area contributed by atoms with Crippen molar-refractivity contribution in [3.63, 3.8) is 0 Å². The third-order valence-corrected chi connectivity index (χ3v) is 3.90. The lowest BCUT2D eigenvalue weighted by Gasteiger charge is -2.07. The second-order valence-corrected chi connectivity index (χ2v) is 5.38. The monoisotopic (exact) mass is 372 g/mol. The Balaban J connectivity index is 2.15. The summed E-state index contributed by atoms with van der Waals surface area (Å²) >= 11 is 17.5. The van der Waals surface area contributed by atoms with E-state index in [4.69, 9.17) is 45.3 Å². The molecule has 120 valence electrons. The van der Waals surface area contributed by atoms with Crippen molar-refractivity contribution in [2.45, 2.75) is 0 Å². The van der Waals surface area contributed by atoms with Crippen molar-refractivity contribution >= 4 is 52.6 Å². The van der Waals surface area contributed by atoms with Gasteiger partial charge in [0.05, 0.1) is 24.0 Å². The van der Waals surface area contributed by atoms with Crippen LogP contribution in [0.25, 0.3) is 0 Å². The number of hydrogen-bond donors (Lipinski definition) is 2. The van der Waals surface area contributed by atoms with E-state index >= 15 is 0 Å². The Bertz CT molecular complexity index is 781. The SMILES string of the molecule is COc1cccc(/C=N/NC(=O)c2nc(Cl)c(Cl)c(N)c2Cl)c1. The Labute approximate surface area is 147 Å². The number of rotatable bonds is 4. The second kappa shape index (κ2) is 7.50. The Hall–Kier alpha value is -2.02. The maximum atomic E-state index is 12.0. The first-order valence-corrected chi connectivity index (χ1v) is 7.35. The van der Waals surface area contributed by atoms with E-state index in [1.165, 1.54) is 6.21 Å². The normalized spacial score (nSPS) is 10.8. The number of methoxy groups -OCH3 is 1. The zero-order valence-corrected chi connectivity index (χ0v) is 14.1. The lowest BCUT2D eigenvalue weighted by molar-refractivity contribution is 0.0950. The van der Waals surface area contributed by atoms with E-state index in [9.17, 15) is 4.79 Å². The van der Waals surface area contributed by atoms with Crippen molar-refractivity contribution in [2.24, 2.45) is 5.10 Å². The van der Waals surface area contributed by atoms with E-state index in [0.717, 1.165) is 5.56 Å². The standard InChI is InChI=1S/C14H11Cl3N4O2/c1-23-8-4-2-3-7(5-8)6-19-21-14(22)12-9(15)11(18)10(16)13(17)20-12/h2-6H,1H3,(H2,18,20)(H,21,22)/b19-6+. The van der Waals surface area contributed by atoms with Gasteiger partial charge in [0, 0.05) is 0 Å². The van der Waals surface area contributed by atoms with Crippen LogP contribution < -0.4 is 15.9 Å². The van der Waals surface area contributed by atoms with Gasteiger partial charge in [0.2, 0.25) is 0 Å². The predicted octanol–water partition coefficient (Wildman–Crippen LogP) is 3.40. The summed E-state index contributed by atoms with van der Waals surface area (Å²) < 4.78 is 5.09. The average Bonchev–Trinajstić information content (AvgIpc) is 2.56. The Morgan fingerprint density at radius 2 is 2.09 bits per heavy atom. The van der Waals surface area contributed by atoms with Crippen molar-refractivity contribution in [2.75, 3.05) is 12.8 Å². The molecule has 6 nitrogen and oxygen atoms in total. The molecule has 0 aliphatic rings. The number of nitrogens with two attached hydrogens (primary N) is 1. The molecular formula is C14H11Cl3N4O2. The molecule has 1 aromatic heterocycles. The number of hydrazone groups is 1. The fraction of sp³-hybridized carbons (Fsp3) is 0.0714. The molecule has 0 aliphatic carbocycles. The number of ether oxygens (including phenoxy) is 1. The van der Waals surface area contributed by atoms with Gasteiger partial charge in [0.25, 0.3) is 5.91 Å². The summed E-state index contributed by atoms with van der Waals surface area (Å²) in [5.41, 5.74) is 8.49. The molecule has 2 aromatic rings. The number of halogens is 3. The third-order valence-electron chi connectivity index (χ3n) is 2.76. The van der Waals surface area contributed by atoms with Crippen LogP contribution in [-0.2, 0) is 0 Å². The Morgan fingerprint density at radius 3 is 2.78 bits per heavy atom. The summed E-state index contributed by atoms with van der Waals surface area (Å²) in [5.74, 6) is 0.00153. The van der Waals surface area contributed by atoms with Gasteiger partial charge in [-0.3, -0.25) is 4.79 Å². The number of carbonyl (C=O) groups excluding carboxylic acids is 1. The molecule has 0 bridgehead atoms. The Morgan fingerprint density at radius 1 is 1.35 bits per heavy atom. The number of pyridine rings is 1. The van der Waals surface area contributed by atoms with E-state index in [1.807, 2.05) is 0 Å². The molecule has 0 fully saturated rings. The number of nitrogens with one attached hydrogen (secondary N) is 1. The number of amides is 1. The molecule has 0 saturated carbocycles. The molecule has 0 radical (unpaired) electrons. The maximum absolute atomic E-state index is 12.0. The first kappa shape index (κ1) is 17.3. The fourth-order valence-electron chi connectivity index (χ4n) is 1.62. The summed E-state index contributed by atoms with van der Waals surface area (Å²) in [5, 5.41) is 3.61. The molecule has 9 heteroatoms. The Kier molecular flexibility index (Phi) is 5.65. The highest BCUT2D eigenvalue weighted by Crippen LogP contribution is 2.34. The van der Waals surface area contributed by atoms with Gasteiger partial charge in [-0.15, -0.1) is 0 Å². The van der Waals surface area contributed by atoms with Crippen LogP contribution in [0.3, 0.4) is 0 Å². The molecule has 0 atom stereocenters. The van der Waals surface area contributed by atoms with Crippen LogP contribution in [0.4, 0.5) is 5.69 Å². The maximum Gasteiger partial charge on any atom is 0.291 e. The van der Waals surface area contributed by atoms with Gasteiger partial charge >= 0.3 is 0 Å². The molecule has 0 aliphatic heterocycles. The number of carbonyl (C=O) groups is 1. The first-order valence-electron chi connectivity index (χ1n) is 6.21. The zero-order valence-electron chi connectivity index (χ0n) is 11.8. The summed E-state index contributed by atoms with van der Waals surface area (Å²) in [6.07, 6.45) is 1.44. The van der Waals surface area contributed by atoms with E-state index in [2.05, 4.69) is 15.5 Å². The van der Waals surface area contributed by atoms with Gasteiger partial charge in [-0.05, 0) is 17.7 Å². The quantitative estimate of drug-likeness (QED) is 0.488.